The fourth-order valence-corrected chi connectivity index (χ4v) is 1.29. The lowest BCUT2D eigenvalue weighted by atomic mass is 10.5. The highest BCUT2D eigenvalue weighted by atomic mass is 15.4. The summed E-state index contributed by atoms with van der Waals surface area (Å²) in [5, 5.41) is 0. The van der Waals surface area contributed by atoms with E-state index in [0.29, 0.717) is 0 Å². The van der Waals surface area contributed by atoms with Crippen molar-refractivity contribution < 1.29 is 4.58 Å². The zero-order chi connectivity index (χ0) is 7.56. The molecule has 1 aliphatic rings. The first kappa shape index (κ1) is 7.54. The molecular formula is C7H16N3+. The highest BCUT2D eigenvalue weighted by Crippen LogP contribution is 1.94. The maximum Gasteiger partial charge on any atom is 0.235 e. The summed E-state index contributed by atoms with van der Waals surface area (Å²) in [4.78, 5) is 4.56. The maximum absolute atomic E-state index is 2.38. The van der Waals surface area contributed by atoms with Crippen LogP contribution < -0.4 is 0 Å². The molecular weight excluding hydrogens is 126 g/mol. The molecule has 10 heavy (non-hydrogen) atoms. The summed E-state index contributed by atoms with van der Waals surface area (Å²) >= 11 is 0. The molecule has 0 saturated heterocycles. The minimum atomic E-state index is 1.06. The summed E-state index contributed by atoms with van der Waals surface area (Å²) in [5.41, 5.74) is 0. The third-order valence-corrected chi connectivity index (χ3v) is 1.69. The highest BCUT2D eigenvalue weighted by molar-refractivity contribution is 5.48. The van der Waals surface area contributed by atoms with Crippen LogP contribution in [0.3, 0.4) is 0 Å². The van der Waals surface area contributed by atoms with Crippen LogP contribution in [0.15, 0.2) is 0 Å². The molecule has 0 aromatic heterocycles. The molecule has 0 aromatic rings. The van der Waals surface area contributed by atoms with Crippen molar-refractivity contribution in [1.29, 1.82) is 0 Å². The van der Waals surface area contributed by atoms with E-state index in [2.05, 4.69) is 41.7 Å². The summed E-state index contributed by atoms with van der Waals surface area (Å²) in [6, 6.07) is 0. The van der Waals surface area contributed by atoms with Gasteiger partial charge in [0.05, 0.1) is 14.1 Å². The quantitative estimate of drug-likeness (QED) is 0.471. The van der Waals surface area contributed by atoms with Crippen LogP contribution >= 0.6 is 0 Å². The summed E-state index contributed by atoms with van der Waals surface area (Å²) in [6.45, 7) is 5.43. The predicted octanol–water partition coefficient (Wildman–Crippen LogP) is -0.161. The lowest BCUT2D eigenvalue weighted by molar-refractivity contribution is -0.529. The van der Waals surface area contributed by atoms with E-state index in [0.717, 1.165) is 19.9 Å². The van der Waals surface area contributed by atoms with Gasteiger partial charge in [0.1, 0.15) is 13.3 Å². The zero-order valence-electron chi connectivity index (χ0n) is 7.04. The average molecular weight is 142 g/mol. The van der Waals surface area contributed by atoms with E-state index in [-0.39, 0.29) is 0 Å². The van der Waals surface area contributed by atoms with E-state index in [9.17, 15) is 0 Å². The minimum Gasteiger partial charge on any atom is -0.257 e. The third-order valence-electron chi connectivity index (χ3n) is 1.69. The molecule has 1 aliphatic heterocycles. The van der Waals surface area contributed by atoms with Crippen LogP contribution in [0, 0.1) is 0 Å². The van der Waals surface area contributed by atoms with Gasteiger partial charge in [-0.05, 0) is 0 Å². The molecule has 0 amide bonds. The predicted molar refractivity (Wildman–Crippen MR) is 42.1 cm³/mol. The Bertz CT molecular complexity index is 142. The van der Waals surface area contributed by atoms with E-state index >= 15 is 0 Å². The molecule has 0 fully saturated rings. The van der Waals surface area contributed by atoms with Gasteiger partial charge in [0.15, 0.2) is 0 Å². The van der Waals surface area contributed by atoms with Gasteiger partial charge in [-0.2, -0.15) is 0 Å². The van der Waals surface area contributed by atoms with Crippen molar-refractivity contribution >= 4 is 6.34 Å². The first-order valence-corrected chi connectivity index (χ1v) is 3.70. The largest absolute Gasteiger partial charge is 0.257 e. The van der Waals surface area contributed by atoms with Crippen molar-refractivity contribution in [1.82, 2.24) is 9.80 Å². The molecule has 0 atom stereocenters. The van der Waals surface area contributed by atoms with E-state index in [4.69, 9.17) is 0 Å². The lowest BCUT2D eigenvalue weighted by Crippen LogP contribution is -2.45. The van der Waals surface area contributed by atoms with Crippen LogP contribution in [0.1, 0.15) is 6.92 Å². The normalized spacial score (nSPS) is 21.1. The molecule has 0 spiro atoms. The maximum atomic E-state index is 2.38. The van der Waals surface area contributed by atoms with Crippen molar-refractivity contribution in [2.24, 2.45) is 0 Å². The van der Waals surface area contributed by atoms with Crippen molar-refractivity contribution in [2.75, 3.05) is 34.0 Å². The molecule has 0 saturated carbocycles. The molecule has 0 aromatic carbocycles. The Labute approximate surface area is 62.5 Å². The van der Waals surface area contributed by atoms with Crippen molar-refractivity contribution in [2.45, 2.75) is 6.92 Å². The number of hydrogen-bond acceptors (Lipinski definition) is 2. The smallest absolute Gasteiger partial charge is 0.235 e. The summed E-state index contributed by atoms with van der Waals surface area (Å²) in [7, 11) is 4.19. The van der Waals surface area contributed by atoms with Crippen LogP contribution in [0.4, 0.5) is 0 Å². The molecule has 1 heterocycles. The van der Waals surface area contributed by atoms with Crippen LogP contribution in [-0.2, 0) is 0 Å². The second kappa shape index (κ2) is 3.01. The van der Waals surface area contributed by atoms with Gasteiger partial charge in [-0.3, -0.25) is 9.48 Å². The SMILES string of the molecule is CCN1CN(C)C=[N+](C)C1. The van der Waals surface area contributed by atoms with E-state index < -0.39 is 0 Å². The molecule has 3 nitrogen and oxygen atoms in total. The summed E-state index contributed by atoms with van der Waals surface area (Å²) < 4.78 is 2.19. The van der Waals surface area contributed by atoms with Gasteiger partial charge in [0, 0.05) is 6.54 Å². The number of hydrogen-bond donors (Lipinski definition) is 0. The Morgan fingerprint density at radius 1 is 1.60 bits per heavy atom. The molecule has 0 unspecified atom stereocenters. The van der Waals surface area contributed by atoms with Gasteiger partial charge >= 0.3 is 0 Å². The Morgan fingerprint density at radius 3 is 2.80 bits per heavy atom. The molecule has 58 valence electrons. The molecule has 0 radical (unpaired) electrons. The van der Waals surface area contributed by atoms with Gasteiger partial charge in [-0.15, -0.1) is 0 Å². The molecule has 0 N–H and O–H groups in total. The van der Waals surface area contributed by atoms with Crippen LogP contribution in [-0.4, -0.2) is 54.7 Å². The molecule has 0 bridgehead atoms. The molecule has 0 aliphatic carbocycles. The van der Waals surface area contributed by atoms with Crippen molar-refractivity contribution in [3.8, 4) is 0 Å². The average Bonchev–Trinajstić information content (AvgIpc) is 1.85. The second-order valence-corrected chi connectivity index (χ2v) is 2.90. The standard InChI is InChI=1S/C7H16N3/c1-4-10-6-8(2)5-9(3)7-10/h5H,4,6-7H2,1-3H3/q+1. The van der Waals surface area contributed by atoms with E-state index in [1.54, 1.807) is 0 Å². The first-order valence-electron chi connectivity index (χ1n) is 3.70. The first-order chi connectivity index (χ1) is 4.72. The lowest BCUT2D eigenvalue weighted by Gasteiger charge is -2.25. The summed E-state index contributed by atoms with van der Waals surface area (Å²) in [5.74, 6) is 0. The van der Waals surface area contributed by atoms with Crippen molar-refractivity contribution in [3.63, 3.8) is 0 Å². The molecule has 1 rings (SSSR count). The Hall–Kier alpha value is -0.570. The van der Waals surface area contributed by atoms with Gasteiger partial charge in [0.2, 0.25) is 6.34 Å². The zero-order valence-corrected chi connectivity index (χ0v) is 7.04. The fourth-order valence-electron chi connectivity index (χ4n) is 1.29. The van der Waals surface area contributed by atoms with Gasteiger partial charge in [-0.25, -0.2) is 4.90 Å². The van der Waals surface area contributed by atoms with E-state index in [1.165, 1.54) is 0 Å². The Morgan fingerprint density at radius 2 is 2.30 bits per heavy atom. The number of rotatable bonds is 1. The van der Waals surface area contributed by atoms with Crippen molar-refractivity contribution in [3.05, 3.63) is 0 Å². The van der Waals surface area contributed by atoms with Crippen LogP contribution in [0.25, 0.3) is 0 Å². The van der Waals surface area contributed by atoms with Gasteiger partial charge in [-0.1, -0.05) is 6.92 Å². The highest BCUT2D eigenvalue weighted by Gasteiger charge is 2.15. The fraction of sp³-hybridized carbons (Fsp3) is 0.857. The van der Waals surface area contributed by atoms with Gasteiger partial charge in [0.25, 0.3) is 0 Å². The van der Waals surface area contributed by atoms with Gasteiger partial charge < -0.3 is 0 Å². The minimum absolute atomic E-state index is 1.06. The monoisotopic (exact) mass is 142 g/mol. The second-order valence-electron chi connectivity index (χ2n) is 2.90. The van der Waals surface area contributed by atoms with Crippen LogP contribution in [0.2, 0.25) is 0 Å². The van der Waals surface area contributed by atoms with E-state index in [1.807, 2.05) is 0 Å². The number of nitrogens with zero attached hydrogens (tertiary/aromatic N) is 3. The topological polar surface area (TPSA) is 9.49 Å². The Kier molecular flexibility index (Phi) is 2.27. The molecule has 3 heteroatoms. The van der Waals surface area contributed by atoms with Crippen LogP contribution in [0.5, 0.6) is 0 Å². The Balaban J connectivity index is 2.52. The third kappa shape index (κ3) is 1.70. The summed E-state index contributed by atoms with van der Waals surface area (Å²) in [6.07, 6.45) is 2.13.